The Kier molecular flexibility index (Phi) is 12.0. The van der Waals surface area contributed by atoms with Crippen molar-refractivity contribution in [1.29, 1.82) is 0 Å². The van der Waals surface area contributed by atoms with Crippen LogP contribution in [-0.4, -0.2) is 26.4 Å². The molecule has 0 N–H and O–H groups in total. The predicted octanol–water partition coefficient (Wildman–Crippen LogP) is 15.4. The molecule has 0 aliphatic rings. The van der Waals surface area contributed by atoms with E-state index in [0.29, 0.717) is 26.4 Å². The summed E-state index contributed by atoms with van der Waals surface area (Å²) in [6.07, 6.45) is 3.69. The Labute approximate surface area is 346 Å². The van der Waals surface area contributed by atoms with Crippen LogP contribution in [0.4, 0.5) is 0 Å². The Hall–Kier alpha value is -5.22. The molecular weight excluding hydrogens is 713 g/mol. The van der Waals surface area contributed by atoms with Crippen molar-refractivity contribution in [1.82, 2.24) is 0 Å². The Bertz CT molecular complexity index is 2250. The first-order valence-corrected chi connectivity index (χ1v) is 21.6. The standard InChI is InChI=1S/C54H62O4/c1-11-23-55-47-31-37-27-43-44(28-38(37)32-48(47)56-24-12-2)52(36-17-21-42(22-18-36)54(8,9)10)46-30-40-34-50(58-26-14-4)49(57-25-13-3)33-39(40)29-45(46)51(43)35-15-19-41(20-16-35)53(5,6)7/h15-22,27-34H,11-14,23-26H2,1-10H3. The van der Waals surface area contributed by atoms with Gasteiger partial charge in [-0.1, -0.05) is 118 Å². The van der Waals surface area contributed by atoms with Crippen molar-refractivity contribution in [2.75, 3.05) is 26.4 Å². The number of fused-ring (bicyclic) bond motifs is 4. The van der Waals surface area contributed by atoms with E-state index in [1.807, 2.05) is 0 Å². The van der Waals surface area contributed by atoms with E-state index in [4.69, 9.17) is 18.9 Å². The summed E-state index contributed by atoms with van der Waals surface area (Å²) in [5, 5.41) is 9.29. The SMILES string of the molecule is CCCOc1cc2cc3c(-c4ccc(C(C)(C)C)cc4)c4cc5cc(OCCC)c(OCCC)cc5cc4c(-c4ccc(C(C)(C)C)cc4)c3cc2cc1OCCC. The highest BCUT2D eigenvalue weighted by atomic mass is 16.5. The summed E-state index contributed by atoms with van der Waals surface area (Å²) in [6, 6.07) is 36.7. The molecule has 0 radical (unpaired) electrons. The molecule has 0 heterocycles. The van der Waals surface area contributed by atoms with E-state index in [1.165, 1.54) is 54.9 Å². The van der Waals surface area contributed by atoms with Gasteiger partial charge in [-0.05, 0) is 162 Å². The predicted molar refractivity (Wildman–Crippen MR) is 248 cm³/mol. The van der Waals surface area contributed by atoms with Gasteiger partial charge in [0, 0.05) is 0 Å². The fourth-order valence-electron chi connectivity index (χ4n) is 7.93. The molecule has 0 spiro atoms. The lowest BCUT2D eigenvalue weighted by Gasteiger charge is -2.23. The molecule has 0 aliphatic carbocycles. The summed E-state index contributed by atoms with van der Waals surface area (Å²) >= 11 is 0. The van der Waals surface area contributed by atoms with Gasteiger partial charge in [0.15, 0.2) is 23.0 Å². The molecule has 7 aromatic carbocycles. The van der Waals surface area contributed by atoms with Crippen molar-refractivity contribution in [2.24, 2.45) is 0 Å². The second-order valence-electron chi connectivity index (χ2n) is 17.9. The lowest BCUT2D eigenvalue weighted by Crippen LogP contribution is -2.10. The van der Waals surface area contributed by atoms with Gasteiger partial charge in [0.05, 0.1) is 26.4 Å². The van der Waals surface area contributed by atoms with Crippen molar-refractivity contribution >= 4 is 43.1 Å². The van der Waals surface area contributed by atoms with Gasteiger partial charge in [0.25, 0.3) is 0 Å². The van der Waals surface area contributed by atoms with Crippen LogP contribution in [-0.2, 0) is 10.8 Å². The van der Waals surface area contributed by atoms with Crippen molar-refractivity contribution in [3.8, 4) is 45.3 Å². The van der Waals surface area contributed by atoms with Crippen LogP contribution in [0.25, 0.3) is 65.3 Å². The average Bonchev–Trinajstić information content (AvgIpc) is 3.20. The summed E-state index contributed by atoms with van der Waals surface area (Å²) in [5.41, 5.74) is 7.51. The molecule has 0 fully saturated rings. The van der Waals surface area contributed by atoms with Crippen molar-refractivity contribution in [3.05, 3.63) is 108 Å². The fraction of sp³-hybridized carbons (Fsp3) is 0.370. The quantitative estimate of drug-likeness (QED) is 0.103. The maximum atomic E-state index is 6.34. The third-order valence-electron chi connectivity index (χ3n) is 11.1. The van der Waals surface area contributed by atoms with E-state index in [9.17, 15) is 0 Å². The molecule has 0 aliphatic heterocycles. The molecule has 4 heteroatoms. The first-order chi connectivity index (χ1) is 27.8. The zero-order valence-corrected chi connectivity index (χ0v) is 36.5. The molecule has 58 heavy (non-hydrogen) atoms. The molecule has 7 aromatic rings. The van der Waals surface area contributed by atoms with Gasteiger partial charge in [-0.15, -0.1) is 0 Å². The van der Waals surface area contributed by atoms with Crippen LogP contribution in [0.5, 0.6) is 23.0 Å². The van der Waals surface area contributed by atoms with Crippen molar-refractivity contribution in [3.63, 3.8) is 0 Å². The maximum Gasteiger partial charge on any atom is 0.161 e. The minimum absolute atomic E-state index is 0.0387. The van der Waals surface area contributed by atoms with Gasteiger partial charge < -0.3 is 18.9 Å². The summed E-state index contributed by atoms with van der Waals surface area (Å²) in [5.74, 6) is 3.18. The van der Waals surface area contributed by atoms with Crippen molar-refractivity contribution < 1.29 is 18.9 Å². The lowest BCUT2D eigenvalue weighted by molar-refractivity contribution is 0.269. The van der Waals surface area contributed by atoms with Gasteiger partial charge >= 0.3 is 0 Å². The number of hydrogen-bond acceptors (Lipinski definition) is 4. The Morgan fingerprint density at radius 3 is 0.793 bits per heavy atom. The third kappa shape index (κ3) is 8.35. The number of benzene rings is 7. The molecular formula is C54H62O4. The monoisotopic (exact) mass is 774 g/mol. The van der Waals surface area contributed by atoms with Crippen LogP contribution in [0.1, 0.15) is 106 Å². The van der Waals surface area contributed by atoms with E-state index < -0.39 is 0 Å². The molecule has 302 valence electrons. The van der Waals surface area contributed by atoms with Crippen LogP contribution in [0.2, 0.25) is 0 Å². The Morgan fingerprint density at radius 1 is 0.345 bits per heavy atom. The van der Waals surface area contributed by atoms with Gasteiger partial charge in [-0.25, -0.2) is 0 Å². The molecule has 0 aromatic heterocycles. The minimum atomic E-state index is 0.0387. The molecule has 0 atom stereocenters. The van der Waals surface area contributed by atoms with Gasteiger partial charge in [-0.3, -0.25) is 0 Å². The zero-order chi connectivity index (χ0) is 41.2. The van der Waals surface area contributed by atoms with Gasteiger partial charge in [-0.2, -0.15) is 0 Å². The van der Waals surface area contributed by atoms with Gasteiger partial charge in [0.2, 0.25) is 0 Å². The highest BCUT2D eigenvalue weighted by molar-refractivity contribution is 6.25. The minimum Gasteiger partial charge on any atom is -0.490 e. The summed E-state index contributed by atoms with van der Waals surface area (Å²) in [6.45, 7) is 24.7. The second kappa shape index (κ2) is 16.9. The highest BCUT2D eigenvalue weighted by Gasteiger charge is 2.22. The smallest absolute Gasteiger partial charge is 0.161 e. The van der Waals surface area contributed by atoms with Crippen LogP contribution >= 0.6 is 0 Å². The summed E-state index contributed by atoms with van der Waals surface area (Å²) < 4.78 is 25.4. The summed E-state index contributed by atoms with van der Waals surface area (Å²) in [4.78, 5) is 0. The third-order valence-corrected chi connectivity index (χ3v) is 11.1. The first-order valence-electron chi connectivity index (χ1n) is 21.6. The van der Waals surface area contributed by atoms with Gasteiger partial charge in [0.1, 0.15) is 0 Å². The maximum absolute atomic E-state index is 6.34. The van der Waals surface area contributed by atoms with Crippen LogP contribution in [0.15, 0.2) is 97.1 Å². The largest absolute Gasteiger partial charge is 0.490 e. The second-order valence-corrected chi connectivity index (χ2v) is 17.9. The first kappa shape index (κ1) is 41.0. The fourth-order valence-corrected chi connectivity index (χ4v) is 7.93. The highest BCUT2D eigenvalue weighted by Crippen LogP contribution is 2.48. The molecule has 0 saturated carbocycles. The van der Waals surface area contributed by atoms with Crippen LogP contribution < -0.4 is 18.9 Å². The normalized spacial score (nSPS) is 12.2. The molecule has 4 nitrogen and oxygen atoms in total. The molecule has 0 bridgehead atoms. The number of hydrogen-bond donors (Lipinski definition) is 0. The van der Waals surface area contributed by atoms with E-state index in [0.717, 1.165) is 70.2 Å². The van der Waals surface area contributed by atoms with Crippen LogP contribution in [0, 0.1) is 0 Å². The number of ether oxygens (including phenoxy) is 4. The summed E-state index contributed by atoms with van der Waals surface area (Å²) in [7, 11) is 0. The average molecular weight is 775 g/mol. The molecule has 0 saturated heterocycles. The Balaban J connectivity index is 1.64. The number of rotatable bonds is 14. The van der Waals surface area contributed by atoms with Crippen molar-refractivity contribution in [2.45, 2.75) is 106 Å². The van der Waals surface area contributed by atoms with E-state index in [2.05, 4.69) is 166 Å². The van der Waals surface area contributed by atoms with Crippen LogP contribution in [0.3, 0.4) is 0 Å². The Morgan fingerprint density at radius 2 is 0.586 bits per heavy atom. The molecule has 0 amide bonds. The van der Waals surface area contributed by atoms with E-state index in [-0.39, 0.29) is 10.8 Å². The lowest BCUT2D eigenvalue weighted by atomic mass is 9.81. The zero-order valence-electron chi connectivity index (χ0n) is 36.5. The van der Waals surface area contributed by atoms with E-state index in [1.54, 1.807) is 0 Å². The molecule has 7 rings (SSSR count). The topological polar surface area (TPSA) is 36.9 Å². The van der Waals surface area contributed by atoms with E-state index >= 15 is 0 Å². The molecule has 0 unspecified atom stereocenters.